The van der Waals surface area contributed by atoms with E-state index in [1.807, 2.05) is 0 Å². The first-order chi connectivity index (χ1) is 8.97. The number of carbonyl (C=O) groups excluding carboxylic acids is 1. The molecule has 0 aliphatic rings. The molecular formula is C13H12FN3O2. The molecule has 0 aliphatic heterocycles. The summed E-state index contributed by atoms with van der Waals surface area (Å²) in [6.45, 7) is 1.75. The maximum absolute atomic E-state index is 13.1. The van der Waals surface area contributed by atoms with E-state index in [9.17, 15) is 14.0 Å². The third-order valence-corrected chi connectivity index (χ3v) is 2.64. The van der Waals surface area contributed by atoms with Gasteiger partial charge in [-0.15, -0.1) is 0 Å². The van der Waals surface area contributed by atoms with Crippen LogP contribution in [0.4, 0.5) is 10.1 Å². The maximum atomic E-state index is 13.1. The highest BCUT2D eigenvalue weighted by Gasteiger charge is 2.10. The number of nitrogens with one attached hydrogen (secondary N) is 1. The molecule has 0 saturated carbocycles. The fraction of sp³-hybridized carbons (Fsp3) is 0.154. The van der Waals surface area contributed by atoms with E-state index < -0.39 is 11.7 Å². The lowest BCUT2D eigenvalue weighted by Gasteiger charge is -2.08. The first-order valence-corrected chi connectivity index (χ1v) is 5.59. The zero-order valence-electron chi connectivity index (χ0n) is 10.5. The molecule has 2 rings (SSSR count). The number of carbonyl (C=O) groups is 1. The summed E-state index contributed by atoms with van der Waals surface area (Å²) in [7, 11) is 1.45. The predicted molar refractivity (Wildman–Crippen MR) is 68.6 cm³/mol. The van der Waals surface area contributed by atoms with Crippen molar-refractivity contribution in [1.82, 2.24) is 9.78 Å². The fourth-order valence-electron chi connectivity index (χ4n) is 1.54. The Morgan fingerprint density at radius 1 is 1.32 bits per heavy atom. The van der Waals surface area contributed by atoms with Crippen LogP contribution in [0.2, 0.25) is 0 Å². The molecule has 1 heterocycles. The minimum atomic E-state index is -0.496. The van der Waals surface area contributed by atoms with Crippen molar-refractivity contribution in [3.05, 3.63) is 57.8 Å². The Morgan fingerprint density at radius 2 is 2.05 bits per heavy atom. The molecule has 0 aliphatic carbocycles. The zero-order valence-corrected chi connectivity index (χ0v) is 10.5. The quantitative estimate of drug-likeness (QED) is 0.890. The SMILES string of the molecule is Cc1ccc(F)cc1NC(=O)c1ccc(=O)n(C)n1. The van der Waals surface area contributed by atoms with Gasteiger partial charge in [-0.25, -0.2) is 9.07 Å². The Labute approximate surface area is 108 Å². The molecule has 0 bridgehead atoms. The second kappa shape index (κ2) is 5.01. The van der Waals surface area contributed by atoms with Gasteiger partial charge in [0.2, 0.25) is 0 Å². The number of aryl methyl sites for hydroxylation is 2. The van der Waals surface area contributed by atoms with Gasteiger partial charge in [0.1, 0.15) is 11.5 Å². The molecular weight excluding hydrogens is 249 g/mol. The number of hydrogen-bond donors (Lipinski definition) is 1. The summed E-state index contributed by atoms with van der Waals surface area (Å²) in [5.41, 5.74) is 0.893. The normalized spacial score (nSPS) is 10.3. The van der Waals surface area contributed by atoms with Crippen molar-refractivity contribution in [3.63, 3.8) is 0 Å². The van der Waals surface area contributed by atoms with E-state index in [-0.39, 0.29) is 11.3 Å². The van der Waals surface area contributed by atoms with E-state index in [0.717, 1.165) is 10.2 Å². The van der Waals surface area contributed by atoms with Crippen LogP contribution in [0.15, 0.2) is 35.1 Å². The first kappa shape index (κ1) is 12.9. The Balaban J connectivity index is 2.28. The van der Waals surface area contributed by atoms with Gasteiger partial charge in [-0.2, -0.15) is 5.10 Å². The minimum absolute atomic E-state index is 0.0887. The molecule has 19 heavy (non-hydrogen) atoms. The molecule has 0 spiro atoms. The van der Waals surface area contributed by atoms with Crippen molar-refractivity contribution in [2.24, 2.45) is 7.05 Å². The Bertz CT molecular complexity index is 695. The summed E-state index contributed by atoms with van der Waals surface area (Å²) in [6.07, 6.45) is 0. The van der Waals surface area contributed by atoms with Gasteiger partial charge in [0, 0.05) is 18.8 Å². The highest BCUT2D eigenvalue weighted by Crippen LogP contribution is 2.16. The van der Waals surface area contributed by atoms with E-state index in [0.29, 0.717) is 5.69 Å². The number of halogens is 1. The summed E-state index contributed by atoms with van der Waals surface area (Å²) >= 11 is 0. The van der Waals surface area contributed by atoms with Crippen LogP contribution < -0.4 is 10.9 Å². The lowest BCUT2D eigenvalue weighted by Crippen LogP contribution is -2.23. The highest BCUT2D eigenvalue weighted by molar-refractivity contribution is 6.03. The fourth-order valence-corrected chi connectivity index (χ4v) is 1.54. The van der Waals surface area contributed by atoms with E-state index >= 15 is 0 Å². The van der Waals surface area contributed by atoms with E-state index in [4.69, 9.17) is 0 Å². The van der Waals surface area contributed by atoms with Gasteiger partial charge in [-0.05, 0) is 30.7 Å². The molecule has 1 amide bonds. The summed E-state index contributed by atoms with van der Waals surface area (Å²) in [4.78, 5) is 23.1. The van der Waals surface area contributed by atoms with Crippen LogP contribution in [0, 0.1) is 12.7 Å². The van der Waals surface area contributed by atoms with Gasteiger partial charge in [-0.1, -0.05) is 6.07 Å². The van der Waals surface area contributed by atoms with Crippen molar-refractivity contribution in [1.29, 1.82) is 0 Å². The standard InChI is InChI=1S/C13H12FN3O2/c1-8-3-4-9(14)7-11(8)15-13(19)10-5-6-12(18)17(2)16-10/h3-7H,1-2H3,(H,15,19). The molecule has 0 unspecified atom stereocenters. The van der Waals surface area contributed by atoms with Gasteiger partial charge < -0.3 is 5.32 Å². The van der Waals surface area contributed by atoms with Gasteiger partial charge in [0.15, 0.2) is 0 Å². The van der Waals surface area contributed by atoms with Gasteiger partial charge in [0.25, 0.3) is 11.5 Å². The maximum Gasteiger partial charge on any atom is 0.276 e. The van der Waals surface area contributed by atoms with Gasteiger partial charge in [0.05, 0.1) is 0 Å². The Hall–Kier alpha value is -2.50. The number of anilines is 1. The monoisotopic (exact) mass is 261 g/mol. The van der Waals surface area contributed by atoms with Gasteiger partial charge in [-0.3, -0.25) is 9.59 Å². The van der Waals surface area contributed by atoms with Crippen LogP contribution in [0.3, 0.4) is 0 Å². The van der Waals surface area contributed by atoms with Crippen molar-refractivity contribution in [3.8, 4) is 0 Å². The van der Waals surface area contributed by atoms with Crippen molar-refractivity contribution in [2.75, 3.05) is 5.32 Å². The van der Waals surface area contributed by atoms with E-state index in [1.54, 1.807) is 13.0 Å². The topological polar surface area (TPSA) is 64.0 Å². The molecule has 1 N–H and O–H groups in total. The Kier molecular flexibility index (Phi) is 3.41. The molecule has 98 valence electrons. The average molecular weight is 261 g/mol. The number of benzene rings is 1. The van der Waals surface area contributed by atoms with Crippen molar-refractivity contribution in [2.45, 2.75) is 6.92 Å². The highest BCUT2D eigenvalue weighted by atomic mass is 19.1. The number of rotatable bonds is 2. The van der Waals surface area contributed by atoms with Crippen LogP contribution in [-0.2, 0) is 7.05 Å². The molecule has 6 heteroatoms. The third-order valence-electron chi connectivity index (χ3n) is 2.64. The van der Waals surface area contributed by atoms with Crippen molar-refractivity contribution >= 4 is 11.6 Å². The van der Waals surface area contributed by atoms with Crippen LogP contribution in [0.5, 0.6) is 0 Å². The van der Waals surface area contributed by atoms with Crippen LogP contribution in [0.1, 0.15) is 16.1 Å². The molecule has 5 nitrogen and oxygen atoms in total. The third kappa shape index (κ3) is 2.85. The summed E-state index contributed by atoms with van der Waals surface area (Å²) in [6, 6.07) is 6.69. The first-order valence-electron chi connectivity index (χ1n) is 5.59. The molecule has 0 saturated heterocycles. The zero-order chi connectivity index (χ0) is 14.0. The van der Waals surface area contributed by atoms with Gasteiger partial charge >= 0.3 is 0 Å². The predicted octanol–water partition coefficient (Wildman–Crippen LogP) is 1.48. The summed E-state index contributed by atoms with van der Waals surface area (Å²) in [5.74, 6) is -0.932. The number of aromatic nitrogens is 2. The largest absolute Gasteiger partial charge is 0.320 e. The summed E-state index contributed by atoms with van der Waals surface area (Å²) in [5, 5.41) is 6.38. The van der Waals surface area contributed by atoms with Crippen LogP contribution in [-0.4, -0.2) is 15.7 Å². The lowest BCUT2D eigenvalue weighted by molar-refractivity contribution is 0.102. The molecule has 0 radical (unpaired) electrons. The Morgan fingerprint density at radius 3 is 2.74 bits per heavy atom. The minimum Gasteiger partial charge on any atom is -0.320 e. The molecule has 0 fully saturated rings. The molecule has 1 aromatic heterocycles. The average Bonchev–Trinajstić information content (AvgIpc) is 2.37. The number of amides is 1. The second-order valence-electron chi connectivity index (χ2n) is 4.09. The lowest BCUT2D eigenvalue weighted by atomic mass is 10.2. The smallest absolute Gasteiger partial charge is 0.276 e. The summed E-state index contributed by atoms with van der Waals surface area (Å²) < 4.78 is 14.2. The van der Waals surface area contributed by atoms with Crippen molar-refractivity contribution < 1.29 is 9.18 Å². The molecule has 1 aromatic carbocycles. The van der Waals surface area contributed by atoms with Crippen LogP contribution in [0.25, 0.3) is 0 Å². The molecule has 0 atom stereocenters. The van der Waals surface area contributed by atoms with Crippen LogP contribution >= 0.6 is 0 Å². The van der Waals surface area contributed by atoms with E-state index in [1.165, 1.54) is 31.3 Å². The second-order valence-corrected chi connectivity index (χ2v) is 4.09. The van der Waals surface area contributed by atoms with E-state index in [2.05, 4.69) is 10.4 Å². The number of hydrogen-bond acceptors (Lipinski definition) is 3. The number of nitrogens with zero attached hydrogens (tertiary/aromatic N) is 2. The molecule has 2 aromatic rings.